The summed E-state index contributed by atoms with van der Waals surface area (Å²) in [7, 11) is 0. The lowest BCUT2D eigenvalue weighted by molar-refractivity contribution is -0.117. The van der Waals surface area contributed by atoms with Gasteiger partial charge in [0.15, 0.2) is 0 Å². The van der Waals surface area contributed by atoms with E-state index in [9.17, 15) is 17.6 Å². The van der Waals surface area contributed by atoms with E-state index in [0.717, 1.165) is 0 Å². The fraction of sp³-hybridized carbons (Fsp3) is 0.300. The molecule has 0 bridgehead atoms. The Morgan fingerprint density at radius 3 is 2.59 bits per heavy atom. The van der Waals surface area contributed by atoms with Gasteiger partial charge >= 0.3 is 12.3 Å². The fourth-order valence-electron chi connectivity index (χ4n) is 1.10. The van der Waals surface area contributed by atoms with Crippen molar-refractivity contribution in [1.29, 1.82) is 5.26 Å². The highest BCUT2D eigenvalue weighted by atomic mass is 19.3. The van der Waals surface area contributed by atoms with Gasteiger partial charge in [0.05, 0.1) is 17.8 Å². The number of alkyl halides is 4. The van der Waals surface area contributed by atoms with Crippen LogP contribution in [0.4, 0.5) is 28.9 Å². The summed E-state index contributed by atoms with van der Waals surface area (Å²) in [5, 5.41) is 10.8. The van der Waals surface area contributed by atoms with Gasteiger partial charge in [-0.3, -0.25) is 0 Å². The maximum Gasteiger partial charge on any atom is 0.324 e. The summed E-state index contributed by atoms with van der Waals surface area (Å²) < 4.78 is 49.0. The van der Waals surface area contributed by atoms with E-state index in [4.69, 9.17) is 11.0 Å². The molecule has 1 aromatic rings. The molecular formula is C10H9F4N3. The highest BCUT2D eigenvalue weighted by Gasteiger charge is 2.40. The van der Waals surface area contributed by atoms with Crippen LogP contribution < -0.4 is 11.1 Å². The lowest BCUT2D eigenvalue weighted by Crippen LogP contribution is -2.34. The van der Waals surface area contributed by atoms with Gasteiger partial charge in [-0.25, -0.2) is 8.78 Å². The molecule has 0 unspecified atom stereocenters. The van der Waals surface area contributed by atoms with Crippen LogP contribution >= 0.6 is 0 Å². The van der Waals surface area contributed by atoms with Crippen LogP contribution in [0.2, 0.25) is 0 Å². The molecule has 1 rings (SSSR count). The highest BCUT2D eigenvalue weighted by molar-refractivity contribution is 5.63. The average Bonchev–Trinajstić information content (AvgIpc) is 2.27. The van der Waals surface area contributed by atoms with Gasteiger partial charge < -0.3 is 11.1 Å². The number of anilines is 2. The molecule has 17 heavy (non-hydrogen) atoms. The lowest BCUT2D eigenvalue weighted by atomic mass is 10.1. The summed E-state index contributed by atoms with van der Waals surface area (Å²) in [5.41, 5.74) is 5.74. The Morgan fingerprint density at radius 1 is 1.41 bits per heavy atom. The Bertz CT molecular complexity index is 440. The van der Waals surface area contributed by atoms with Crippen LogP contribution in [0.5, 0.6) is 0 Å². The number of rotatable bonds is 4. The second-order valence-electron chi connectivity index (χ2n) is 3.33. The van der Waals surface area contributed by atoms with E-state index in [1.807, 2.05) is 0 Å². The van der Waals surface area contributed by atoms with E-state index in [1.165, 1.54) is 18.2 Å². The van der Waals surface area contributed by atoms with Gasteiger partial charge in [0, 0.05) is 5.69 Å². The minimum absolute atomic E-state index is 0.0232. The zero-order valence-corrected chi connectivity index (χ0v) is 8.55. The summed E-state index contributed by atoms with van der Waals surface area (Å²) in [6.45, 7) is -1.25. The van der Waals surface area contributed by atoms with Gasteiger partial charge in [0.1, 0.15) is 6.07 Å². The summed E-state index contributed by atoms with van der Waals surface area (Å²) in [5.74, 6) is -4.14. The summed E-state index contributed by atoms with van der Waals surface area (Å²) in [4.78, 5) is 0. The zero-order chi connectivity index (χ0) is 13.1. The van der Waals surface area contributed by atoms with Crippen molar-refractivity contribution >= 4 is 11.4 Å². The monoisotopic (exact) mass is 247 g/mol. The number of hydrogen-bond donors (Lipinski definition) is 2. The normalized spacial score (nSPS) is 11.3. The van der Waals surface area contributed by atoms with Crippen LogP contribution in [-0.2, 0) is 0 Å². The Morgan fingerprint density at radius 2 is 2.06 bits per heavy atom. The van der Waals surface area contributed by atoms with Crippen LogP contribution in [0, 0.1) is 11.3 Å². The van der Waals surface area contributed by atoms with E-state index >= 15 is 0 Å². The van der Waals surface area contributed by atoms with Crippen molar-refractivity contribution in [2.24, 2.45) is 0 Å². The first kappa shape index (κ1) is 13.1. The number of nitrogen functional groups attached to an aromatic ring is 1. The third-order valence-corrected chi connectivity index (χ3v) is 2.00. The summed E-state index contributed by atoms with van der Waals surface area (Å²) in [6.07, 6.45) is -3.76. The molecule has 0 atom stereocenters. The molecule has 0 spiro atoms. The number of nitrogens with zero attached hydrogens (tertiary/aromatic N) is 1. The van der Waals surface area contributed by atoms with Crippen molar-refractivity contribution in [2.45, 2.75) is 12.3 Å². The topological polar surface area (TPSA) is 61.8 Å². The van der Waals surface area contributed by atoms with Crippen molar-refractivity contribution in [1.82, 2.24) is 0 Å². The Balaban J connectivity index is 2.80. The van der Waals surface area contributed by atoms with Crippen LogP contribution in [-0.4, -0.2) is 18.9 Å². The predicted octanol–water partition coefficient (Wildman–Crippen LogP) is 2.45. The molecule has 0 amide bonds. The molecule has 0 saturated heterocycles. The molecule has 0 aromatic heterocycles. The molecule has 0 fully saturated rings. The molecule has 3 N–H and O–H groups in total. The molecule has 0 saturated carbocycles. The van der Waals surface area contributed by atoms with Crippen LogP contribution in [0.1, 0.15) is 5.56 Å². The molecule has 1 aromatic carbocycles. The fourth-order valence-corrected chi connectivity index (χ4v) is 1.10. The van der Waals surface area contributed by atoms with Gasteiger partial charge in [-0.05, 0) is 18.2 Å². The largest absolute Gasteiger partial charge is 0.399 e. The second-order valence-corrected chi connectivity index (χ2v) is 3.33. The molecule has 7 heteroatoms. The van der Waals surface area contributed by atoms with E-state index in [-0.39, 0.29) is 16.9 Å². The lowest BCUT2D eigenvalue weighted by Gasteiger charge is -2.17. The van der Waals surface area contributed by atoms with Crippen molar-refractivity contribution in [3.63, 3.8) is 0 Å². The number of benzene rings is 1. The first-order chi connectivity index (χ1) is 7.86. The minimum atomic E-state index is -4.14. The third-order valence-electron chi connectivity index (χ3n) is 2.00. The van der Waals surface area contributed by atoms with E-state index in [0.29, 0.717) is 0 Å². The van der Waals surface area contributed by atoms with Crippen LogP contribution in [0.15, 0.2) is 18.2 Å². The maximum atomic E-state index is 12.6. The van der Waals surface area contributed by atoms with Crippen molar-refractivity contribution < 1.29 is 17.6 Å². The predicted molar refractivity (Wildman–Crippen MR) is 55.0 cm³/mol. The summed E-state index contributed by atoms with van der Waals surface area (Å²) >= 11 is 0. The van der Waals surface area contributed by atoms with E-state index in [1.54, 1.807) is 6.07 Å². The van der Waals surface area contributed by atoms with Crippen molar-refractivity contribution in [3.8, 4) is 6.07 Å². The Labute approximate surface area is 94.8 Å². The zero-order valence-electron chi connectivity index (χ0n) is 8.55. The maximum absolute atomic E-state index is 12.6. The first-order valence-electron chi connectivity index (χ1n) is 4.56. The molecule has 0 heterocycles. The van der Waals surface area contributed by atoms with Gasteiger partial charge in [0.2, 0.25) is 0 Å². The molecule has 0 aliphatic heterocycles. The number of nitrogens with two attached hydrogens (primary N) is 1. The number of halogens is 4. The van der Waals surface area contributed by atoms with E-state index in [2.05, 4.69) is 5.32 Å². The highest BCUT2D eigenvalue weighted by Crippen LogP contribution is 2.25. The van der Waals surface area contributed by atoms with Crippen molar-refractivity contribution in [2.75, 3.05) is 17.6 Å². The quantitative estimate of drug-likeness (QED) is 0.634. The van der Waals surface area contributed by atoms with Crippen LogP contribution in [0.3, 0.4) is 0 Å². The Hall–Kier alpha value is -1.97. The number of nitrogens with one attached hydrogen (secondary N) is 1. The van der Waals surface area contributed by atoms with Crippen LogP contribution in [0.25, 0.3) is 0 Å². The molecular weight excluding hydrogens is 238 g/mol. The Kier molecular flexibility index (Phi) is 3.78. The van der Waals surface area contributed by atoms with Crippen molar-refractivity contribution in [3.05, 3.63) is 23.8 Å². The van der Waals surface area contributed by atoms with Gasteiger partial charge in [-0.1, -0.05) is 0 Å². The minimum Gasteiger partial charge on any atom is -0.399 e. The average molecular weight is 247 g/mol. The molecule has 0 aliphatic carbocycles. The number of nitriles is 1. The molecule has 0 radical (unpaired) electrons. The summed E-state index contributed by atoms with van der Waals surface area (Å²) in [6, 6.07) is 5.66. The van der Waals surface area contributed by atoms with Gasteiger partial charge in [-0.15, -0.1) is 0 Å². The van der Waals surface area contributed by atoms with Gasteiger partial charge in [0.25, 0.3) is 0 Å². The third kappa shape index (κ3) is 3.24. The van der Waals surface area contributed by atoms with Gasteiger partial charge in [-0.2, -0.15) is 14.0 Å². The smallest absolute Gasteiger partial charge is 0.324 e. The first-order valence-corrected chi connectivity index (χ1v) is 4.56. The standard InChI is InChI=1S/C10H9F4N3/c11-9(12)10(13,14)5-17-8-2-1-7(16)3-6(8)4-15/h1-3,9,17H,5,16H2. The SMILES string of the molecule is N#Cc1cc(N)ccc1NCC(F)(F)C(F)F. The molecule has 0 aliphatic rings. The second kappa shape index (κ2) is 4.91. The van der Waals surface area contributed by atoms with E-state index < -0.39 is 18.9 Å². The molecule has 92 valence electrons. The molecule has 3 nitrogen and oxygen atoms in total. The number of hydrogen-bond acceptors (Lipinski definition) is 3.